The lowest BCUT2D eigenvalue weighted by Crippen LogP contribution is -2.40. The molecule has 208 valence electrons. The van der Waals surface area contributed by atoms with Crippen LogP contribution < -0.4 is 10.2 Å². The Morgan fingerprint density at radius 2 is 1.68 bits per heavy atom. The first-order valence-electron chi connectivity index (χ1n) is 13.9. The van der Waals surface area contributed by atoms with Gasteiger partial charge in [-0.3, -0.25) is 4.90 Å². The third-order valence-electron chi connectivity index (χ3n) is 7.71. The fourth-order valence-corrected chi connectivity index (χ4v) is 5.59. The second-order valence-corrected chi connectivity index (χ2v) is 11.4. The summed E-state index contributed by atoms with van der Waals surface area (Å²) in [4.78, 5) is 15.5. The van der Waals surface area contributed by atoms with Crippen molar-refractivity contribution >= 4 is 27.6 Å². The number of H-pyrrole nitrogens is 1. The van der Waals surface area contributed by atoms with E-state index in [0.29, 0.717) is 18.3 Å². The number of hydrogen-bond donors (Lipinski definition) is 3. The normalized spacial score (nSPS) is 15.4. The minimum atomic E-state index is -0.745. The Labute approximate surface area is 243 Å². The summed E-state index contributed by atoms with van der Waals surface area (Å²) in [5.74, 6) is 1.06. The largest absolute Gasteiger partial charge is 0.388 e. The molecule has 4 aromatic rings. The molecule has 1 saturated carbocycles. The lowest BCUT2D eigenvalue weighted by Gasteiger charge is -2.27. The number of nitrogens with one attached hydrogen (secondary N) is 2. The Morgan fingerprint density at radius 3 is 2.33 bits per heavy atom. The molecule has 1 fully saturated rings. The maximum absolute atomic E-state index is 13.7. The van der Waals surface area contributed by atoms with Crippen molar-refractivity contribution in [3.8, 4) is 0 Å². The highest BCUT2D eigenvalue weighted by Crippen LogP contribution is 2.33. The summed E-state index contributed by atoms with van der Waals surface area (Å²) in [6.07, 6.45) is 5.89. The van der Waals surface area contributed by atoms with E-state index >= 15 is 0 Å². The maximum Gasteiger partial charge on any atom is 0.322 e. The number of benzene rings is 3. The number of tetrazole rings is 1. The van der Waals surface area contributed by atoms with Crippen molar-refractivity contribution in [2.24, 2.45) is 0 Å². The number of urea groups is 1. The van der Waals surface area contributed by atoms with Gasteiger partial charge in [0.25, 0.3) is 0 Å². The molecule has 0 saturated heterocycles. The number of nitrogens with zero attached hydrogens (tertiary/aromatic N) is 4. The molecule has 3 N–H and O–H groups in total. The summed E-state index contributed by atoms with van der Waals surface area (Å²) in [5.41, 5.74) is 4.95. The summed E-state index contributed by atoms with van der Waals surface area (Å²) in [5, 5.41) is 27.5. The fourth-order valence-electron chi connectivity index (χ4n) is 5.33. The van der Waals surface area contributed by atoms with Gasteiger partial charge in [-0.25, -0.2) is 4.79 Å². The highest BCUT2D eigenvalue weighted by Gasteiger charge is 2.21. The van der Waals surface area contributed by atoms with Crippen LogP contribution in [0.15, 0.2) is 77.3 Å². The Morgan fingerprint density at radius 1 is 1.00 bits per heavy atom. The number of carbonyl (C=O) groups excluding carboxylic acids is 1. The van der Waals surface area contributed by atoms with Gasteiger partial charge in [0.05, 0.1) is 18.7 Å². The molecule has 1 heterocycles. The van der Waals surface area contributed by atoms with E-state index in [1.807, 2.05) is 55.5 Å². The van der Waals surface area contributed by atoms with Gasteiger partial charge in [0.1, 0.15) is 0 Å². The van der Waals surface area contributed by atoms with Gasteiger partial charge in [-0.1, -0.05) is 88.9 Å². The van der Waals surface area contributed by atoms with E-state index < -0.39 is 6.10 Å². The van der Waals surface area contributed by atoms with Gasteiger partial charge >= 0.3 is 6.03 Å². The zero-order valence-electron chi connectivity index (χ0n) is 22.6. The molecule has 0 bridgehead atoms. The van der Waals surface area contributed by atoms with Crippen molar-refractivity contribution in [3.63, 3.8) is 0 Å². The highest BCUT2D eigenvalue weighted by atomic mass is 79.9. The summed E-state index contributed by atoms with van der Waals surface area (Å²) < 4.78 is 1.00. The van der Waals surface area contributed by atoms with E-state index in [0.717, 1.165) is 26.9 Å². The monoisotopic (exact) mass is 602 g/mol. The van der Waals surface area contributed by atoms with Crippen LogP contribution in [0.3, 0.4) is 0 Å². The van der Waals surface area contributed by atoms with Crippen LogP contribution in [-0.4, -0.2) is 31.8 Å². The van der Waals surface area contributed by atoms with Crippen LogP contribution in [0, 0.1) is 0 Å². The molecule has 2 atom stereocenters. The Hall–Kier alpha value is -3.56. The Kier molecular flexibility index (Phi) is 9.23. The van der Waals surface area contributed by atoms with E-state index in [1.54, 1.807) is 4.90 Å². The summed E-state index contributed by atoms with van der Waals surface area (Å²) in [6.45, 7) is 2.38. The third kappa shape index (κ3) is 7.14. The molecule has 9 heteroatoms. The molecule has 1 aliphatic carbocycles. The Bertz CT molecular complexity index is 1350. The van der Waals surface area contributed by atoms with Crippen LogP contribution in [0.25, 0.3) is 0 Å². The number of amides is 2. The molecule has 40 heavy (non-hydrogen) atoms. The van der Waals surface area contributed by atoms with Gasteiger partial charge in [0.15, 0.2) is 5.82 Å². The van der Waals surface area contributed by atoms with E-state index in [4.69, 9.17) is 0 Å². The molecule has 2 amide bonds. The first-order valence-corrected chi connectivity index (χ1v) is 14.7. The number of rotatable bonds is 9. The number of aromatic amines is 1. The summed E-state index contributed by atoms with van der Waals surface area (Å²) >= 11 is 3.48. The van der Waals surface area contributed by atoms with Crippen LogP contribution >= 0.6 is 15.9 Å². The van der Waals surface area contributed by atoms with Gasteiger partial charge in [-0.15, -0.1) is 10.2 Å². The topological polar surface area (TPSA) is 107 Å². The zero-order chi connectivity index (χ0) is 27.9. The minimum absolute atomic E-state index is 0.160. The van der Waals surface area contributed by atoms with Gasteiger partial charge in [0.2, 0.25) is 0 Å². The highest BCUT2D eigenvalue weighted by molar-refractivity contribution is 9.10. The van der Waals surface area contributed by atoms with Crippen LogP contribution in [0.1, 0.15) is 85.2 Å². The van der Waals surface area contributed by atoms with Gasteiger partial charge in [0, 0.05) is 16.6 Å². The molecule has 5 rings (SSSR count). The van der Waals surface area contributed by atoms with Crippen LogP contribution in [-0.2, 0) is 13.0 Å². The van der Waals surface area contributed by atoms with Gasteiger partial charge in [-0.2, -0.15) is 5.21 Å². The van der Waals surface area contributed by atoms with E-state index in [9.17, 15) is 9.90 Å². The van der Waals surface area contributed by atoms with E-state index in [2.05, 4.69) is 66.1 Å². The van der Waals surface area contributed by atoms with Crippen molar-refractivity contribution in [3.05, 3.63) is 105 Å². The lowest BCUT2D eigenvalue weighted by atomic mass is 9.84. The van der Waals surface area contributed by atoms with Crippen molar-refractivity contribution in [1.82, 2.24) is 25.9 Å². The average molecular weight is 604 g/mol. The average Bonchev–Trinajstić information content (AvgIpc) is 3.50. The number of halogens is 1. The number of aromatic nitrogens is 4. The molecule has 1 aliphatic rings. The fraction of sp³-hybridized carbons (Fsp3) is 0.355. The number of anilines is 1. The van der Waals surface area contributed by atoms with Crippen molar-refractivity contribution < 1.29 is 9.90 Å². The quantitative estimate of drug-likeness (QED) is 0.196. The summed E-state index contributed by atoms with van der Waals surface area (Å²) in [7, 11) is 0. The first kappa shape index (κ1) is 28.0. The molecule has 0 aliphatic heterocycles. The van der Waals surface area contributed by atoms with Crippen LogP contribution in [0.2, 0.25) is 0 Å². The lowest BCUT2D eigenvalue weighted by molar-refractivity contribution is 0.176. The predicted molar refractivity (Wildman–Crippen MR) is 159 cm³/mol. The first-order chi connectivity index (χ1) is 19.5. The van der Waals surface area contributed by atoms with Gasteiger partial charge < -0.3 is 10.4 Å². The van der Waals surface area contributed by atoms with Crippen LogP contribution in [0.4, 0.5) is 10.5 Å². The summed E-state index contributed by atoms with van der Waals surface area (Å²) in [6, 6.07) is 23.8. The number of hydrogen-bond acceptors (Lipinski definition) is 5. The molecular weight excluding hydrogens is 568 g/mol. The maximum atomic E-state index is 13.7. The molecule has 0 spiro atoms. The smallest absolute Gasteiger partial charge is 0.322 e. The van der Waals surface area contributed by atoms with Crippen molar-refractivity contribution in [1.29, 1.82) is 0 Å². The second kappa shape index (κ2) is 13.2. The molecule has 8 nitrogen and oxygen atoms in total. The molecule has 3 aromatic carbocycles. The second-order valence-electron chi connectivity index (χ2n) is 10.5. The van der Waals surface area contributed by atoms with Crippen molar-refractivity contribution in [2.45, 2.75) is 70.1 Å². The molecule has 1 aromatic heterocycles. The van der Waals surface area contributed by atoms with Gasteiger partial charge in [-0.05, 0) is 72.2 Å². The van der Waals surface area contributed by atoms with E-state index in [-0.39, 0.29) is 18.5 Å². The number of aliphatic hydroxyl groups is 1. The van der Waals surface area contributed by atoms with E-state index in [1.165, 1.54) is 37.7 Å². The number of aliphatic hydroxyl groups excluding tert-OH is 1. The Balaban J connectivity index is 1.33. The standard InChI is InChI=1S/C31H35BrN6O2/c1-21(23-11-15-27(32)16-12-23)33-31(40)38(28-17-13-25(14-18-28)24-5-3-2-4-6-24)20-22-7-9-26(10-8-22)29(39)19-30-34-36-37-35-30/h7-18,21,24,29,39H,2-6,19-20H2,1H3,(H,33,40)(H,34,35,36,37). The van der Waals surface area contributed by atoms with Crippen LogP contribution in [0.5, 0.6) is 0 Å². The molecular formula is C31H35BrN6O2. The third-order valence-corrected chi connectivity index (χ3v) is 8.24. The zero-order valence-corrected chi connectivity index (χ0v) is 24.2. The van der Waals surface area contributed by atoms with Crippen molar-refractivity contribution in [2.75, 3.05) is 4.90 Å². The molecule has 2 unspecified atom stereocenters. The number of carbonyl (C=O) groups is 1. The predicted octanol–water partition coefficient (Wildman–Crippen LogP) is 6.76. The minimum Gasteiger partial charge on any atom is -0.388 e. The molecule has 0 radical (unpaired) electrons. The SMILES string of the molecule is CC(NC(=O)N(Cc1ccc(C(O)Cc2nn[nH]n2)cc1)c1ccc(C2CCCCC2)cc1)c1ccc(Br)cc1.